The number of ether oxygens (including phenoxy) is 1. The maximum Gasteiger partial charge on any atom is 0.260 e. The summed E-state index contributed by atoms with van der Waals surface area (Å²) in [5, 5.41) is 0.580. The highest BCUT2D eigenvalue weighted by Gasteiger charge is 2.22. The number of amides is 1. The topological polar surface area (TPSA) is 45.7 Å². The molecule has 0 unspecified atom stereocenters. The van der Waals surface area contributed by atoms with Gasteiger partial charge >= 0.3 is 0 Å². The summed E-state index contributed by atoms with van der Waals surface area (Å²) in [6.45, 7) is 4.12. The lowest BCUT2D eigenvalue weighted by atomic mass is 10.2. The fraction of sp³-hybridized carbons (Fsp3) is 0.391. The van der Waals surface area contributed by atoms with E-state index in [0.717, 1.165) is 30.5 Å². The van der Waals surface area contributed by atoms with E-state index >= 15 is 0 Å². The van der Waals surface area contributed by atoms with E-state index in [1.165, 1.54) is 23.5 Å². The molecule has 8 heteroatoms. The molecule has 1 aromatic heterocycles. The Morgan fingerprint density at radius 1 is 1.13 bits per heavy atom. The van der Waals surface area contributed by atoms with Crippen LogP contribution in [0.25, 0.3) is 10.2 Å². The molecule has 31 heavy (non-hydrogen) atoms. The molecule has 1 amide bonds. The van der Waals surface area contributed by atoms with Crippen LogP contribution in [0.5, 0.6) is 5.75 Å². The molecule has 0 aliphatic heterocycles. The summed E-state index contributed by atoms with van der Waals surface area (Å²) in [6.07, 6.45) is 2.82. The fourth-order valence-electron chi connectivity index (χ4n) is 3.04. The lowest BCUT2D eigenvalue weighted by Crippen LogP contribution is -2.33. The first-order chi connectivity index (χ1) is 14.5. The Morgan fingerprint density at radius 3 is 2.68 bits per heavy atom. The summed E-state index contributed by atoms with van der Waals surface area (Å²) < 4.78 is 20.1. The number of nitrogens with zero attached hydrogens (tertiary/aromatic N) is 3. The van der Waals surface area contributed by atoms with Gasteiger partial charge in [-0.3, -0.25) is 9.69 Å². The van der Waals surface area contributed by atoms with Gasteiger partial charge in [0, 0.05) is 12.1 Å². The van der Waals surface area contributed by atoms with Crippen LogP contribution in [-0.4, -0.2) is 49.6 Å². The summed E-state index contributed by atoms with van der Waals surface area (Å²) >= 11 is 1.33. The Hall–Kier alpha value is -2.22. The minimum atomic E-state index is -0.305. The largest absolute Gasteiger partial charge is 0.494 e. The molecular formula is C23H29ClFN3O2S. The molecule has 0 N–H and O–H groups in total. The number of aromatic nitrogens is 1. The standard InChI is InChI=1S/C23H28FN3O2S.ClH/c1-4-5-14-29-19-9-6-8-17(15-19)22(28)27(13-7-12-26(2)3)23-25-20-11-10-18(24)16-21(20)30-23;/h6,8-11,15-16H,4-5,7,12-14H2,1-3H3;1H. The molecule has 2 aromatic carbocycles. The van der Waals surface area contributed by atoms with Crippen molar-refractivity contribution in [1.29, 1.82) is 0 Å². The number of fused-ring (bicyclic) bond motifs is 1. The lowest BCUT2D eigenvalue weighted by molar-refractivity contribution is 0.0985. The molecule has 5 nitrogen and oxygen atoms in total. The van der Waals surface area contributed by atoms with Crippen LogP contribution in [0, 0.1) is 5.82 Å². The number of halogens is 2. The van der Waals surface area contributed by atoms with Crippen LogP contribution >= 0.6 is 23.7 Å². The van der Waals surface area contributed by atoms with Crippen LogP contribution in [0.1, 0.15) is 36.5 Å². The number of anilines is 1. The van der Waals surface area contributed by atoms with Gasteiger partial charge in [0.05, 0.1) is 16.8 Å². The van der Waals surface area contributed by atoms with Crippen molar-refractivity contribution in [2.75, 3.05) is 38.7 Å². The van der Waals surface area contributed by atoms with Gasteiger partial charge in [-0.1, -0.05) is 30.7 Å². The summed E-state index contributed by atoms with van der Waals surface area (Å²) in [5.41, 5.74) is 1.25. The molecule has 1 heterocycles. The fourth-order valence-corrected chi connectivity index (χ4v) is 4.05. The average Bonchev–Trinajstić information content (AvgIpc) is 3.13. The van der Waals surface area contributed by atoms with Crippen LogP contribution in [0.4, 0.5) is 9.52 Å². The van der Waals surface area contributed by atoms with E-state index in [2.05, 4.69) is 16.8 Å². The number of unbranched alkanes of at least 4 members (excludes halogenated alkanes) is 1. The van der Waals surface area contributed by atoms with Gasteiger partial charge in [-0.25, -0.2) is 9.37 Å². The van der Waals surface area contributed by atoms with Gasteiger partial charge < -0.3 is 9.64 Å². The predicted octanol–water partition coefficient (Wildman–Crippen LogP) is 5.63. The molecule has 3 rings (SSSR count). The Labute approximate surface area is 193 Å². The zero-order valence-corrected chi connectivity index (χ0v) is 19.8. The molecule has 0 saturated carbocycles. The summed E-state index contributed by atoms with van der Waals surface area (Å²) in [7, 11) is 4.01. The maximum atomic E-state index is 13.6. The van der Waals surface area contributed by atoms with Gasteiger partial charge in [0.25, 0.3) is 5.91 Å². The van der Waals surface area contributed by atoms with Gasteiger partial charge in [0.1, 0.15) is 11.6 Å². The molecule has 0 aliphatic rings. The highest BCUT2D eigenvalue weighted by molar-refractivity contribution is 7.22. The van der Waals surface area contributed by atoms with Gasteiger partial charge in [-0.15, -0.1) is 12.4 Å². The van der Waals surface area contributed by atoms with Crippen molar-refractivity contribution in [2.24, 2.45) is 0 Å². The highest BCUT2D eigenvalue weighted by atomic mass is 35.5. The Balaban J connectivity index is 0.00000341. The SMILES string of the molecule is CCCCOc1cccc(C(=O)N(CCCN(C)C)c2nc3ccc(F)cc3s2)c1.Cl. The first kappa shape index (κ1) is 25.0. The number of carbonyl (C=O) groups excluding carboxylic acids is 1. The highest BCUT2D eigenvalue weighted by Crippen LogP contribution is 2.31. The van der Waals surface area contributed by atoms with Crippen LogP contribution in [0.3, 0.4) is 0 Å². The number of hydrogen-bond donors (Lipinski definition) is 0. The maximum absolute atomic E-state index is 13.6. The van der Waals surface area contributed by atoms with Crippen LogP contribution < -0.4 is 9.64 Å². The number of benzene rings is 2. The van der Waals surface area contributed by atoms with E-state index in [1.807, 2.05) is 26.2 Å². The van der Waals surface area contributed by atoms with Crippen molar-refractivity contribution in [2.45, 2.75) is 26.2 Å². The van der Waals surface area contributed by atoms with Crippen molar-refractivity contribution >= 4 is 45.0 Å². The molecule has 0 saturated heterocycles. The quantitative estimate of drug-likeness (QED) is 0.364. The van der Waals surface area contributed by atoms with E-state index in [1.54, 1.807) is 23.1 Å². The van der Waals surface area contributed by atoms with E-state index in [0.29, 0.717) is 35.1 Å². The number of thiazole rings is 1. The minimum Gasteiger partial charge on any atom is -0.494 e. The van der Waals surface area contributed by atoms with Crippen molar-refractivity contribution in [1.82, 2.24) is 9.88 Å². The van der Waals surface area contributed by atoms with E-state index < -0.39 is 0 Å². The van der Waals surface area contributed by atoms with Crippen molar-refractivity contribution in [3.8, 4) is 5.75 Å². The third-order valence-electron chi connectivity index (χ3n) is 4.65. The minimum absolute atomic E-state index is 0. The average molecular weight is 466 g/mol. The zero-order chi connectivity index (χ0) is 21.5. The molecule has 3 aromatic rings. The number of hydrogen-bond acceptors (Lipinski definition) is 5. The molecule has 0 radical (unpaired) electrons. The first-order valence-electron chi connectivity index (χ1n) is 10.2. The summed E-state index contributed by atoms with van der Waals surface area (Å²) in [4.78, 5) is 21.8. The number of rotatable bonds is 10. The molecule has 168 valence electrons. The molecule has 0 bridgehead atoms. The molecule has 0 fully saturated rings. The second-order valence-corrected chi connectivity index (χ2v) is 8.46. The van der Waals surface area contributed by atoms with Gasteiger partial charge in [0.15, 0.2) is 5.13 Å². The molecule has 0 atom stereocenters. The Kier molecular flexibility index (Phi) is 9.68. The second kappa shape index (κ2) is 12.0. The van der Waals surface area contributed by atoms with Crippen molar-refractivity contribution in [3.63, 3.8) is 0 Å². The van der Waals surface area contributed by atoms with E-state index in [-0.39, 0.29) is 24.1 Å². The predicted molar refractivity (Wildman–Crippen MR) is 129 cm³/mol. The Bertz CT molecular complexity index is 996. The smallest absolute Gasteiger partial charge is 0.260 e. The lowest BCUT2D eigenvalue weighted by Gasteiger charge is -2.21. The normalized spacial score (nSPS) is 10.9. The van der Waals surface area contributed by atoms with Gasteiger partial charge in [-0.2, -0.15) is 0 Å². The van der Waals surface area contributed by atoms with Crippen molar-refractivity contribution < 1.29 is 13.9 Å². The molecule has 0 spiro atoms. The Morgan fingerprint density at radius 2 is 1.94 bits per heavy atom. The third-order valence-corrected chi connectivity index (χ3v) is 5.69. The second-order valence-electron chi connectivity index (χ2n) is 7.45. The third kappa shape index (κ3) is 6.89. The molecular weight excluding hydrogens is 437 g/mol. The number of carbonyl (C=O) groups is 1. The first-order valence-corrected chi connectivity index (χ1v) is 11.0. The van der Waals surface area contributed by atoms with Crippen molar-refractivity contribution in [3.05, 3.63) is 53.8 Å². The van der Waals surface area contributed by atoms with Gasteiger partial charge in [0.2, 0.25) is 0 Å². The summed E-state index contributed by atoms with van der Waals surface area (Å²) in [5.74, 6) is 0.253. The van der Waals surface area contributed by atoms with E-state index in [9.17, 15) is 9.18 Å². The molecule has 0 aliphatic carbocycles. The monoisotopic (exact) mass is 465 g/mol. The van der Waals surface area contributed by atoms with Crippen LogP contribution in [0.15, 0.2) is 42.5 Å². The zero-order valence-electron chi connectivity index (χ0n) is 18.1. The van der Waals surface area contributed by atoms with E-state index in [4.69, 9.17) is 4.74 Å². The van der Waals surface area contributed by atoms with Crippen LogP contribution in [-0.2, 0) is 0 Å². The summed E-state index contributed by atoms with van der Waals surface area (Å²) in [6, 6.07) is 11.8. The van der Waals surface area contributed by atoms with Crippen LogP contribution in [0.2, 0.25) is 0 Å². The van der Waals surface area contributed by atoms with Gasteiger partial charge in [-0.05, 0) is 69.9 Å².